The molecule has 0 spiro atoms. The van der Waals surface area contributed by atoms with Crippen LogP contribution in [0.4, 0.5) is 11.8 Å². The molecule has 0 saturated heterocycles. The minimum Gasteiger partial charge on any atom is -0.496 e. The van der Waals surface area contributed by atoms with Gasteiger partial charge in [0.15, 0.2) is 11.3 Å². The van der Waals surface area contributed by atoms with Crippen LogP contribution in [0.3, 0.4) is 0 Å². The lowest BCUT2D eigenvalue weighted by molar-refractivity contribution is 0.299. The number of methoxy groups -OCH3 is 1. The zero-order valence-electron chi connectivity index (χ0n) is 15.8. The van der Waals surface area contributed by atoms with E-state index in [0.717, 1.165) is 36.3 Å². The minimum atomic E-state index is 0.112. The average molecular weight is 370 g/mol. The van der Waals surface area contributed by atoms with E-state index < -0.39 is 0 Å². The highest BCUT2D eigenvalue weighted by Crippen LogP contribution is 2.24. The van der Waals surface area contributed by atoms with Crippen LogP contribution in [0.15, 0.2) is 24.4 Å². The molecule has 0 radical (unpaired) electrons. The summed E-state index contributed by atoms with van der Waals surface area (Å²) >= 11 is 0. The summed E-state index contributed by atoms with van der Waals surface area (Å²) in [4.78, 5) is 8.58. The first kappa shape index (κ1) is 18.9. The van der Waals surface area contributed by atoms with Crippen LogP contribution in [-0.4, -0.2) is 45.1 Å². The summed E-state index contributed by atoms with van der Waals surface area (Å²) in [6.07, 6.45) is 4.60. The molecule has 8 heteroatoms. The fourth-order valence-corrected chi connectivity index (χ4v) is 2.94. The van der Waals surface area contributed by atoms with E-state index in [4.69, 9.17) is 15.6 Å². The number of ether oxygens (including phenoxy) is 1. The molecule has 0 aliphatic carbocycles. The van der Waals surface area contributed by atoms with Crippen LogP contribution in [0.1, 0.15) is 30.9 Å². The Morgan fingerprint density at radius 1 is 1.30 bits per heavy atom. The molecular formula is C19H26N6O2. The van der Waals surface area contributed by atoms with Crippen molar-refractivity contribution in [3.05, 3.63) is 35.5 Å². The number of aliphatic hydroxyl groups excluding tert-OH is 1. The Bertz CT molecular complexity index is 909. The lowest BCUT2D eigenvalue weighted by atomic mass is 10.1. The maximum atomic E-state index is 9.11. The maximum Gasteiger partial charge on any atom is 0.222 e. The monoisotopic (exact) mass is 370 g/mol. The predicted molar refractivity (Wildman–Crippen MR) is 106 cm³/mol. The number of benzene rings is 1. The molecule has 0 aliphatic heterocycles. The smallest absolute Gasteiger partial charge is 0.222 e. The number of hydrogen-bond acceptors (Lipinski definition) is 7. The second kappa shape index (κ2) is 8.68. The first-order valence-electron chi connectivity index (χ1n) is 9.15. The van der Waals surface area contributed by atoms with Gasteiger partial charge < -0.3 is 20.9 Å². The van der Waals surface area contributed by atoms with Gasteiger partial charge in [-0.05, 0) is 24.5 Å². The van der Waals surface area contributed by atoms with Crippen LogP contribution >= 0.6 is 0 Å². The molecule has 144 valence electrons. The predicted octanol–water partition coefficient (Wildman–Crippen LogP) is 2.21. The van der Waals surface area contributed by atoms with Gasteiger partial charge in [-0.2, -0.15) is 10.1 Å². The van der Waals surface area contributed by atoms with Gasteiger partial charge >= 0.3 is 0 Å². The largest absolute Gasteiger partial charge is 0.496 e. The second-order valence-electron chi connectivity index (χ2n) is 6.39. The first-order valence-corrected chi connectivity index (χ1v) is 9.15. The molecule has 4 N–H and O–H groups in total. The molecule has 2 heterocycles. The van der Waals surface area contributed by atoms with Crippen LogP contribution in [-0.2, 0) is 13.0 Å². The topological polar surface area (TPSA) is 111 Å². The molecule has 0 aliphatic rings. The Balaban J connectivity index is 1.88. The highest BCUT2D eigenvalue weighted by molar-refractivity contribution is 5.85. The van der Waals surface area contributed by atoms with Crippen molar-refractivity contribution in [3.63, 3.8) is 0 Å². The molecule has 0 bridgehead atoms. The number of anilines is 2. The fraction of sp³-hybridized carbons (Fsp3) is 0.421. The number of hydrogen-bond donors (Lipinski definition) is 3. The first-order chi connectivity index (χ1) is 13.1. The van der Waals surface area contributed by atoms with Crippen molar-refractivity contribution in [2.45, 2.75) is 32.7 Å². The highest BCUT2D eigenvalue weighted by atomic mass is 16.5. The van der Waals surface area contributed by atoms with Crippen molar-refractivity contribution >= 4 is 22.8 Å². The minimum absolute atomic E-state index is 0.112. The van der Waals surface area contributed by atoms with Crippen LogP contribution in [0.2, 0.25) is 0 Å². The molecule has 27 heavy (non-hydrogen) atoms. The van der Waals surface area contributed by atoms with E-state index in [1.54, 1.807) is 7.11 Å². The van der Waals surface area contributed by atoms with Gasteiger partial charge in [0.05, 0.1) is 19.9 Å². The van der Waals surface area contributed by atoms with Crippen molar-refractivity contribution in [3.8, 4) is 5.75 Å². The molecule has 0 saturated carbocycles. The zero-order valence-corrected chi connectivity index (χ0v) is 15.8. The number of nitrogens with zero attached hydrogens (tertiary/aromatic N) is 4. The summed E-state index contributed by atoms with van der Waals surface area (Å²) in [6, 6.07) is 5.94. The van der Waals surface area contributed by atoms with Gasteiger partial charge in [-0.1, -0.05) is 25.5 Å². The third kappa shape index (κ3) is 4.46. The van der Waals surface area contributed by atoms with Crippen molar-refractivity contribution in [1.82, 2.24) is 19.7 Å². The normalized spacial score (nSPS) is 11.1. The van der Waals surface area contributed by atoms with E-state index in [-0.39, 0.29) is 12.6 Å². The Morgan fingerprint density at radius 2 is 2.15 bits per heavy atom. The van der Waals surface area contributed by atoms with Gasteiger partial charge in [-0.3, -0.25) is 4.68 Å². The van der Waals surface area contributed by atoms with E-state index in [9.17, 15) is 0 Å². The number of fused-ring (bicyclic) bond motifs is 1. The quantitative estimate of drug-likeness (QED) is 0.495. The van der Waals surface area contributed by atoms with Gasteiger partial charge in [0.1, 0.15) is 11.3 Å². The molecule has 0 unspecified atom stereocenters. The summed E-state index contributed by atoms with van der Waals surface area (Å²) in [5.41, 5.74) is 9.28. The third-order valence-electron chi connectivity index (χ3n) is 4.34. The SMILES string of the molecule is CCCCNc1nc(N)nc2cn(Cc3ccc(CCO)cc3OC)nc12. The van der Waals surface area contributed by atoms with Crippen molar-refractivity contribution in [2.24, 2.45) is 0 Å². The van der Waals surface area contributed by atoms with Crippen LogP contribution in [0.5, 0.6) is 5.75 Å². The summed E-state index contributed by atoms with van der Waals surface area (Å²) < 4.78 is 7.32. The summed E-state index contributed by atoms with van der Waals surface area (Å²) in [6.45, 7) is 3.60. The second-order valence-corrected chi connectivity index (χ2v) is 6.39. The fourth-order valence-electron chi connectivity index (χ4n) is 2.94. The standard InChI is InChI=1S/C19H26N6O2/c1-3-4-8-21-18-17-15(22-19(20)23-18)12-25(24-17)11-14-6-5-13(7-9-26)10-16(14)27-2/h5-6,10,12,26H,3-4,7-9,11H2,1-2H3,(H3,20,21,22,23). The van der Waals surface area contributed by atoms with E-state index in [1.165, 1.54) is 0 Å². The van der Waals surface area contributed by atoms with E-state index in [2.05, 4.69) is 27.3 Å². The van der Waals surface area contributed by atoms with E-state index >= 15 is 0 Å². The number of nitrogen functional groups attached to an aromatic ring is 1. The average Bonchev–Trinajstić information content (AvgIpc) is 3.05. The Hall–Kier alpha value is -2.87. The summed E-state index contributed by atoms with van der Waals surface area (Å²) in [5, 5.41) is 17.0. The lowest BCUT2D eigenvalue weighted by Crippen LogP contribution is -2.07. The van der Waals surface area contributed by atoms with Crippen LogP contribution in [0, 0.1) is 0 Å². The Morgan fingerprint density at radius 3 is 2.89 bits per heavy atom. The van der Waals surface area contributed by atoms with E-state index in [0.29, 0.717) is 29.8 Å². The lowest BCUT2D eigenvalue weighted by Gasteiger charge is -2.10. The van der Waals surface area contributed by atoms with Crippen LogP contribution in [0.25, 0.3) is 11.0 Å². The van der Waals surface area contributed by atoms with Gasteiger partial charge in [-0.25, -0.2) is 4.98 Å². The van der Waals surface area contributed by atoms with Gasteiger partial charge in [-0.15, -0.1) is 0 Å². The number of aromatic nitrogens is 4. The number of rotatable bonds is 9. The molecule has 0 amide bonds. The maximum absolute atomic E-state index is 9.11. The van der Waals surface area contributed by atoms with Gasteiger partial charge in [0.2, 0.25) is 5.95 Å². The molecule has 3 rings (SSSR count). The van der Waals surface area contributed by atoms with Crippen molar-refractivity contribution in [2.75, 3.05) is 31.3 Å². The number of nitrogens with one attached hydrogen (secondary N) is 1. The molecule has 0 atom stereocenters. The number of nitrogens with two attached hydrogens (primary N) is 1. The molecular weight excluding hydrogens is 344 g/mol. The molecule has 3 aromatic rings. The number of unbranched alkanes of at least 4 members (excludes halogenated alkanes) is 1. The van der Waals surface area contributed by atoms with Crippen molar-refractivity contribution < 1.29 is 9.84 Å². The summed E-state index contributed by atoms with van der Waals surface area (Å²) in [7, 11) is 1.64. The molecule has 1 aromatic carbocycles. The highest BCUT2D eigenvalue weighted by Gasteiger charge is 2.12. The molecule has 8 nitrogen and oxygen atoms in total. The molecule has 2 aromatic heterocycles. The zero-order chi connectivity index (χ0) is 19.2. The number of aliphatic hydroxyl groups is 1. The van der Waals surface area contributed by atoms with Gasteiger partial charge in [0, 0.05) is 18.7 Å². The Labute approximate surface area is 158 Å². The van der Waals surface area contributed by atoms with Gasteiger partial charge in [0.25, 0.3) is 0 Å². The summed E-state index contributed by atoms with van der Waals surface area (Å²) in [5.74, 6) is 1.66. The molecule has 0 fully saturated rings. The van der Waals surface area contributed by atoms with Crippen LogP contribution < -0.4 is 15.8 Å². The van der Waals surface area contributed by atoms with Crippen molar-refractivity contribution in [1.29, 1.82) is 0 Å². The third-order valence-corrected chi connectivity index (χ3v) is 4.34. The Kier molecular flexibility index (Phi) is 6.08. The van der Waals surface area contributed by atoms with E-state index in [1.807, 2.05) is 29.1 Å².